The van der Waals surface area contributed by atoms with Gasteiger partial charge in [-0.15, -0.1) is 0 Å². The summed E-state index contributed by atoms with van der Waals surface area (Å²) in [6, 6.07) is 10.4. The van der Waals surface area contributed by atoms with Gasteiger partial charge >= 0.3 is 0 Å². The van der Waals surface area contributed by atoms with Crippen molar-refractivity contribution in [3.8, 4) is 0 Å². The SMILES string of the molecule is CC(C)c1ccc(Nc2nccc(NCCC3=CCCCC3)n2)cc1. The molecular formula is C21H28N4. The first-order chi connectivity index (χ1) is 12.2. The number of hydrogen-bond acceptors (Lipinski definition) is 4. The molecule has 0 atom stereocenters. The quantitative estimate of drug-likeness (QED) is 0.642. The standard InChI is InChI=1S/C21H28N4/c1-16(2)18-8-10-19(11-9-18)24-21-23-15-13-20(25-21)22-14-12-17-6-4-3-5-7-17/h6,8-11,13,15-16H,3-5,7,12,14H2,1-2H3,(H2,22,23,24,25). The molecule has 0 unspecified atom stereocenters. The van der Waals surface area contributed by atoms with Crippen molar-refractivity contribution in [1.82, 2.24) is 9.97 Å². The van der Waals surface area contributed by atoms with Gasteiger partial charge in [0.1, 0.15) is 5.82 Å². The number of hydrogen-bond donors (Lipinski definition) is 2. The Kier molecular flexibility index (Phi) is 6.04. The second-order valence-corrected chi connectivity index (χ2v) is 6.95. The summed E-state index contributed by atoms with van der Waals surface area (Å²) in [6.07, 6.45) is 10.5. The number of benzene rings is 1. The average Bonchev–Trinajstić information content (AvgIpc) is 2.63. The van der Waals surface area contributed by atoms with E-state index in [1.54, 1.807) is 11.8 Å². The Balaban J connectivity index is 1.54. The molecule has 0 aliphatic heterocycles. The van der Waals surface area contributed by atoms with E-state index in [4.69, 9.17) is 0 Å². The smallest absolute Gasteiger partial charge is 0.229 e. The van der Waals surface area contributed by atoms with Crippen LogP contribution in [-0.4, -0.2) is 16.5 Å². The summed E-state index contributed by atoms with van der Waals surface area (Å²) in [4.78, 5) is 8.87. The van der Waals surface area contributed by atoms with Gasteiger partial charge in [-0.1, -0.05) is 37.6 Å². The average molecular weight is 336 g/mol. The third kappa shape index (κ3) is 5.31. The van der Waals surface area contributed by atoms with Gasteiger partial charge in [0.2, 0.25) is 5.95 Å². The minimum absolute atomic E-state index is 0.539. The predicted molar refractivity (Wildman–Crippen MR) is 106 cm³/mol. The van der Waals surface area contributed by atoms with Gasteiger partial charge in [-0.3, -0.25) is 0 Å². The van der Waals surface area contributed by atoms with Crippen molar-refractivity contribution in [2.45, 2.75) is 51.9 Å². The van der Waals surface area contributed by atoms with Crippen LogP contribution in [0.4, 0.5) is 17.5 Å². The molecular weight excluding hydrogens is 308 g/mol. The van der Waals surface area contributed by atoms with Crippen LogP contribution in [0.3, 0.4) is 0 Å². The Morgan fingerprint density at radius 1 is 1.08 bits per heavy atom. The fourth-order valence-corrected chi connectivity index (χ4v) is 3.08. The molecule has 0 saturated heterocycles. The lowest BCUT2D eigenvalue weighted by atomic mass is 9.97. The summed E-state index contributed by atoms with van der Waals surface area (Å²) in [5, 5.41) is 6.69. The van der Waals surface area contributed by atoms with Crippen molar-refractivity contribution in [3.05, 3.63) is 53.7 Å². The van der Waals surface area contributed by atoms with Crippen LogP contribution >= 0.6 is 0 Å². The van der Waals surface area contributed by atoms with E-state index >= 15 is 0 Å². The van der Waals surface area contributed by atoms with Gasteiger partial charge < -0.3 is 10.6 Å². The van der Waals surface area contributed by atoms with Crippen molar-refractivity contribution in [2.24, 2.45) is 0 Å². The molecule has 1 aliphatic rings. The van der Waals surface area contributed by atoms with Crippen molar-refractivity contribution in [2.75, 3.05) is 17.2 Å². The fourth-order valence-electron chi connectivity index (χ4n) is 3.08. The van der Waals surface area contributed by atoms with E-state index in [0.29, 0.717) is 11.9 Å². The first-order valence-electron chi connectivity index (χ1n) is 9.32. The number of allylic oxidation sites excluding steroid dienone is 1. The molecule has 0 fully saturated rings. The molecule has 0 radical (unpaired) electrons. The number of anilines is 3. The molecule has 2 aromatic rings. The second-order valence-electron chi connectivity index (χ2n) is 6.95. The fraction of sp³-hybridized carbons (Fsp3) is 0.429. The van der Waals surface area contributed by atoms with Crippen LogP contribution in [0.25, 0.3) is 0 Å². The highest BCUT2D eigenvalue weighted by atomic mass is 15.1. The normalized spacial score (nSPS) is 14.3. The Labute approximate surface area is 150 Å². The maximum atomic E-state index is 4.56. The minimum Gasteiger partial charge on any atom is -0.370 e. The maximum absolute atomic E-state index is 4.56. The summed E-state index contributed by atoms with van der Waals surface area (Å²) in [7, 11) is 0. The summed E-state index contributed by atoms with van der Waals surface area (Å²) >= 11 is 0. The van der Waals surface area contributed by atoms with Gasteiger partial charge in [0.15, 0.2) is 0 Å². The van der Waals surface area contributed by atoms with E-state index in [1.165, 1.54) is 31.2 Å². The number of nitrogens with one attached hydrogen (secondary N) is 2. The van der Waals surface area contributed by atoms with Crippen LogP contribution in [0.2, 0.25) is 0 Å². The zero-order valence-corrected chi connectivity index (χ0v) is 15.3. The molecule has 1 heterocycles. The summed E-state index contributed by atoms with van der Waals surface area (Å²) in [6.45, 7) is 5.32. The highest BCUT2D eigenvalue weighted by molar-refractivity contribution is 5.55. The van der Waals surface area contributed by atoms with Crippen molar-refractivity contribution in [1.29, 1.82) is 0 Å². The van der Waals surface area contributed by atoms with Gasteiger partial charge in [0.25, 0.3) is 0 Å². The zero-order chi connectivity index (χ0) is 17.5. The Hall–Kier alpha value is -2.36. The molecule has 1 aromatic heterocycles. The lowest BCUT2D eigenvalue weighted by Crippen LogP contribution is -2.07. The third-order valence-electron chi connectivity index (χ3n) is 4.63. The molecule has 0 amide bonds. The molecule has 1 aliphatic carbocycles. The van der Waals surface area contributed by atoms with Crippen LogP contribution in [-0.2, 0) is 0 Å². The number of aromatic nitrogens is 2. The highest BCUT2D eigenvalue weighted by Gasteiger charge is 2.05. The lowest BCUT2D eigenvalue weighted by molar-refractivity contribution is 0.679. The third-order valence-corrected chi connectivity index (χ3v) is 4.63. The molecule has 0 saturated carbocycles. The first kappa shape index (κ1) is 17.5. The van der Waals surface area contributed by atoms with E-state index in [0.717, 1.165) is 24.5 Å². The van der Waals surface area contributed by atoms with Gasteiger partial charge in [-0.05, 0) is 61.8 Å². The summed E-state index contributed by atoms with van der Waals surface area (Å²) in [5.74, 6) is 2.03. The maximum Gasteiger partial charge on any atom is 0.229 e. The number of rotatable bonds is 7. The van der Waals surface area contributed by atoms with Gasteiger partial charge in [0.05, 0.1) is 0 Å². The Bertz CT molecular complexity index is 704. The minimum atomic E-state index is 0.539. The monoisotopic (exact) mass is 336 g/mol. The largest absolute Gasteiger partial charge is 0.370 e. The molecule has 2 N–H and O–H groups in total. The second kappa shape index (κ2) is 8.65. The topological polar surface area (TPSA) is 49.8 Å². The van der Waals surface area contributed by atoms with Crippen molar-refractivity contribution in [3.63, 3.8) is 0 Å². The summed E-state index contributed by atoms with van der Waals surface area (Å²) < 4.78 is 0. The molecule has 4 heteroatoms. The summed E-state index contributed by atoms with van der Waals surface area (Å²) in [5.41, 5.74) is 3.92. The predicted octanol–water partition coefficient (Wildman–Crippen LogP) is 5.65. The van der Waals surface area contributed by atoms with E-state index in [1.807, 2.05) is 6.07 Å². The molecule has 0 bridgehead atoms. The van der Waals surface area contributed by atoms with E-state index < -0.39 is 0 Å². The highest BCUT2D eigenvalue weighted by Crippen LogP contribution is 2.21. The van der Waals surface area contributed by atoms with Gasteiger partial charge in [-0.25, -0.2) is 4.98 Å². The Morgan fingerprint density at radius 2 is 1.92 bits per heavy atom. The first-order valence-corrected chi connectivity index (χ1v) is 9.32. The van der Waals surface area contributed by atoms with Crippen molar-refractivity contribution < 1.29 is 0 Å². The molecule has 3 rings (SSSR count). The van der Waals surface area contributed by atoms with Crippen molar-refractivity contribution >= 4 is 17.5 Å². The van der Waals surface area contributed by atoms with Crippen LogP contribution in [0.5, 0.6) is 0 Å². The lowest BCUT2D eigenvalue weighted by Gasteiger charge is -2.13. The van der Waals surface area contributed by atoms with Gasteiger partial charge in [0, 0.05) is 18.4 Å². The molecule has 4 nitrogen and oxygen atoms in total. The van der Waals surface area contributed by atoms with E-state index in [-0.39, 0.29) is 0 Å². The zero-order valence-electron chi connectivity index (χ0n) is 15.3. The van der Waals surface area contributed by atoms with Crippen LogP contribution in [0.15, 0.2) is 48.2 Å². The van der Waals surface area contributed by atoms with Crippen LogP contribution in [0.1, 0.15) is 57.4 Å². The van der Waals surface area contributed by atoms with Gasteiger partial charge in [-0.2, -0.15) is 4.98 Å². The van der Waals surface area contributed by atoms with E-state index in [2.05, 4.69) is 64.8 Å². The van der Waals surface area contributed by atoms with Crippen LogP contribution in [0, 0.1) is 0 Å². The number of nitrogens with zero attached hydrogens (tertiary/aromatic N) is 2. The molecule has 1 aromatic carbocycles. The Morgan fingerprint density at radius 3 is 2.64 bits per heavy atom. The van der Waals surface area contributed by atoms with Crippen LogP contribution < -0.4 is 10.6 Å². The van der Waals surface area contributed by atoms with E-state index in [9.17, 15) is 0 Å². The molecule has 0 spiro atoms. The molecule has 25 heavy (non-hydrogen) atoms. The molecule has 132 valence electrons.